The number of pyridine rings is 1. The number of hydrogen-bond donors (Lipinski definition) is 4. The summed E-state index contributed by atoms with van der Waals surface area (Å²) >= 11 is 0. The number of nitrogens with zero attached hydrogens (tertiary/aromatic N) is 1. The SMILES string of the molecule is CC1(C(=O)O)CC(=O)c2c([nH]c(-c3ccnc(NC(=O)[C@@H]4C[C@@H]4F)c3)c2Nc2ccccc2)C1. The van der Waals surface area contributed by atoms with Crippen molar-refractivity contribution in [3.63, 3.8) is 0 Å². The molecule has 9 heteroatoms. The molecule has 0 saturated heterocycles. The Hall–Kier alpha value is -4.01. The molecule has 3 atom stereocenters. The van der Waals surface area contributed by atoms with Crippen LogP contribution in [0.25, 0.3) is 11.3 Å². The zero-order valence-electron chi connectivity index (χ0n) is 18.4. The monoisotopic (exact) mass is 462 g/mol. The maximum atomic E-state index is 13.3. The van der Waals surface area contributed by atoms with E-state index in [1.54, 1.807) is 19.1 Å². The maximum Gasteiger partial charge on any atom is 0.310 e. The topological polar surface area (TPSA) is 124 Å². The predicted molar refractivity (Wildman–Crippen MR) is 124 cm³/mol. The molecule has 5 rings (SSSR count). The highest BCUT2D eigenvalue weighted by Gasteiger charge is 2.44. The summed E-state index contributed by atoms with van der Waals surface area (Å²) in [5.41, 5.74) is 2.26. The molecule has 1 unspecified atom stereocenters. The molecule has 0 radical (unpaired) electrons. The van der Waals surface area contributed by atoms with E-state index >= 15 is 0 Å². The molecule has 0 spiro atoms. The molecule has 4 N–H and O–H groups in total. The number of carboxylic acid groups (broad SMARTS) is 1. The number of para-hydroxylation sites is 1. The van der Waals surface area contributed by atoms with Gasteiger partial charge in [0.1, 0.15) is 12.0 Å². The van der Waals surface area contributed by atoms with Crippen molar-refractivity contribution in [2.45, 2.75) is 32.4 Å². The van der Waals surface area contributed by atoms with Crippen molar-refractivity contribution in [1.82, 2.24) is 9.97 Å². The first-order valence-electron chi connectivity index (χ1n) is 11.0. The van der Waals surface area contributed by atoms with Crippen molar-refractivity contribution in [3.8, 4) is 11.3 Å². The number of nitrogens with one attached hydrogen (secondary N) is 3. The number of aromatic amines is 1. The summed E-state index contributed by atoms with van der Waals surface area (Å²) in [4.78, 5) is 44.6. The van der Waals surface area contributed by atoms with Crippen LogP contribution < -0.4 is 10.6 Å². The smallest absolute Gasteiger partial charge is 0.310 e. The van der Waals surface area contributed by atoms with Gasteiger partial charge < -0.3 is 20.7 Å². The standard InChI is InChI=1S/C25H23FN4O4/c1-25(24(33)34)11-17-20(18(31)12-25)22(28-14-5-3-2-4-6-14)21(29-17)13-7-8-27-19(9-13)30-23(32)15-10-16(15)26/h2-9,15-16,28-29H,10-12H2,1H3,(H,33,34)(H,27,30,32)/t15-,16+,25?/m1/s1. The van der Waals surface area contributed by atoms with Crippen LogP contribution in [-0.4, -0.2) is 38.9 Å². The Balaban J connectivity index is 1.57. The molecular weight excluding hydrogens is 439 g/mol. The normalized spacial score (nSPS) is 23.2. The van der Waals surface area contributed by atoms with Gasteiger partial charge in [-0.05, 0) is 37.6 Å². The highest BCUT2D eigenvalue weighted by Crippen LogP contribution is 2.44. The molecule has 2 aromatic heterocycles. The maximum absolute atomic E-state index is 13.3. The summed E-state index contributed by atoms with van der Waals surface area (Å²) in [7, 11) is 0. The largest absolute Gasteiger partial charge is 0.481 e. The van der Waals surface area contributed by atoms with E-state index < -0.39 is 29.4 Å². The minimum Gasteiger partial charge on any atom is -0.481 e. The van der Waals surface area contributed by atoms with Crippen molar-refractivity contribution in [2.75, 3.05) is 10.6 Å². The number of amides is 1. The number of Topliss-reactive ketones (excluding diaryl/α,β-unsaturated/α-hetero) is 1. The molecule has 2 aliphatic rings. The van der Waals surface area contributed by atoms with Crippen molar-refractivity contribution >= 4 is 34.9 Å². The van der Waals surface area contributed by atoms with Gasteiger partial charge in [0.25, 0.3) is 0 Å². The van der Waals surface area contributed by atoms with Crippen LogP contribution in [0.15, 0.2) is 48.7 Å². The number of alkyl halides is 1. The van der Waals surface area contributed by atoms with Gasteiger partial charge in [0.15, 0.2) is 5.78 Å². The summed E-state index contributed by atoms with van der Waals surface area (Å²) in [5, 5.41) is 15.6. The van der Waals surface area contributed by atoms with E-state index in [0.717, 1.165) is 5.69 Å². The van der Waals surface area contributed by atoms with Gasteiger partial charge in [-0.25, -0.2) is 9.37 Å². The lowest BCUT2D eigenvalue weighted by molar-refractivity contribution is -0.148. The number of fused-ring (bicyclic) bond motifs is 1. The number of hydrogen-bond acceptors (Lipinski definition) is 5. The van der Waals surface area contributed by atoms with Gasteiger partial charge in [-0.1, -0.05) is 18.2 Å². The molecule has 34 heavy (non-hydrogen) atoms. The molecule has 0 aliphatic heterocycles. The first-order valence-corrected chi connectivity index (χ1v) is 11.0. The van der Waals surface area contributed by atoms with Crippen LogP contribution in [0.1, 0.15) is 35.8 Å². The molecule has 1 aromatic carbocycles. The number of carbonyl (C=O) groups excluding carboxylic acids is 2. The Morgan fingerprint density at radius 2 is 1.94 bits per heavy atom. The number of carbonyl (C=O) groups is 3. The lowest BCUT2D eigenvalue weighted by Crippen LogP contribution is -2.36. The molecule has 1 saturated carbocycles. The third-order valence-corrected chi connectivity index (χ3v) is 6.38. The van der Waals surface area contributed by atoms with Crippen LogP contribution in [0.2, 0.25) is 0 Å². The first-order chi connectivity index (χ1) is 16.2. The number of benzene rings is 1. The number of halogens is 1. The van der Waals surface area contributed by atoms with Gasteiger partial charge in [-0.3, -0.25) is 14.4 Å². The quantitative estimate of drug-likeness (QED) is 0.432. The average Bonchev–Trinajstić information content (AvgIpc) is 3.43. The fourth-order valence-corrected chi connectivity index (χ4v) is 4.35. The van der Waals surface area contributed by atoms with Crippen molar-refractivity contribution in [3.05, 3.63) is 59.9 Å². The second-order valence-corrected chi connectivity index (χ2v) is 9.14. The van der Waals surface area contributed by atoms with Crippen LogP contribution >= 0.6 is 0 Å². The molecule has 8 nitrogen and oxygen atoms in total. The van der Waals surface area contributed by atoms with Crippen LogP contribution in [0.4, 0.5) is 21.6 Å². The van der Waals surface area contributed by atoms with Crippen molar-refractivity contribution in [2.24, 2.45) is 11.3 Å². The van der Waals surface area contributed by atoms with Crippen LogP contribution in [0.5, 0.6) is 0 Å². The highest BCUT2D eigenvalue weighted by molar-refractivity contribution is 6.09. The lowest BCUT2D eigenvalue weighted by Gasteiger charge is -2.28. The van der Waals surface area contributed by atoms with Gasteiger partial charge in [0.05, 0.1) is 28.3 Å². The fourth-order valence-electron chi connectivity index (χ4n) is 4.35. The zero-order valence-corrected chi connectivity index (χ0v) is 18.4. The fraction of sp³-hybridized carbons (Fsp3) is 0.280. The molecule has 3 aromatic rings. The van der Waals surface area contributed by atoms with E-state index in [1.165, 1.54) is 6.20 Å². The number of anilines is 3. The number of ketones is 1. The predicted octanol–water partition coefficient (Wildman–Crippen LogP) is 4.34. The third kappa shape index (κ3) is 3.93. The number of H-pyrrole nitrogens is 1. The average molecular weight is 462 g/mol. The molecule has 174 valence electrons. The van der Waals surface area contributed by atoms with E-state index in [0.29, 0.717) is 28.2 Å². The van der Waals surface area contributed by atoms with Gasteiger partial charge in [-0.2, -0.15) is 0 Å². The number of carboxylic acids is 1. The van der Waals surface area contributed by atoms with Crippen LogP contribution in [0, 0.1) is 11.3 Å². The second kappa shape index (κ2) is 8.09. The minimum atomic E-state index is -1.21. The van der Waals surface area contributed by atoms with E-state index in [2.05, 4.69) is 20.6 Å². The highest BCUT2D eigenvalue weighted by atomic mass is 19.1. The summed E-state index contributed by atoms with van der Waals surface area (Å²) in [6, 6.07) is 12.7. The van der Waals surface area contributed by atoms with E-state index in [1.807, 2.05) is 30.3 Å². The minimum absolute atomic E-state index is 0.112. The lowest BCUT2D eigenvalue weighted by atomic mass is 9.74. The zero-order chi connectivity index (χ0) is 24.0. The van der Waals surface area contributed by atoms with E-state index in [4.69, 9.17) is 0 Å². The summed E-state index contributed by atoms with van der Waals surface area (Å²) in [5.74, 6) is -2.10. The Kier molecular flexibility index (Phi) is 5.19. The molecular formula is C25H23FN4O4. The third-order valence-electron chi connectivity index (χ3n) is 6.38. The Labute approximate surface area is 194 Å². The van der Waals surface area contributed by atoms with Gasteiger partial charge >= 0.3 is 5.97 Å². The van der Waals surface area contributed by atoms with Crippen molar-refractivity contribution in [1.29, 1.82) is 0 Å². The summed E-state index contributed by atoms with van der Waals surface area (Å²) in [6.07, 6.45) is 0.667. The Morgan fingerprint density at radius 3 is 2.62 bits per heavy atom. The van der Waals surface area contributed by atoms with Gasteiger partial charge in [0, 0.05) is 36.0 Å². The van der Waals surface area contributed by atoms with Crippen LogP contribution in [-0.2, 0) is 16.0 Å². The molecule has 2 aliphatic carbocycles. The molecule has 0 bridgehead atoms. The molecule has 1 fully saturated rings. The molecule has 1 amide bonds. The summed E-state index contributed by atoms with van der Waals surface area (Å²) in [6.45, 7) is 1.57. The van der Waals surface area contributed by atoms with Crippen LogP contribution in [0.3, 0.4) is 0 Å². The number of aliphatic carboxylic acids is 1. The summed E-state index contributed by atoms with van der Waals surface area (Å²) < 4.78 is 13.3. The Bertz CT molecular complexity index is 1310. The van der Waals surface area contributed by atoms with E-state index in [9.17, 15) is 23.9 Å². The van der Waals surface area contributed by atoms with Crippen molar-refractivity contribution < 1.29 is 23.9 Å². The Morgan fingerprint density at radius 1 is 1.21 bits per heavy atom. The first kappa shape index (κ1) is 21.8. The van der Waals surface area contributed by atoms with E-state index in [-0.39, 0.29) is 30.9 Å². The van der Waals surface area contributed by atoms with Gasteiger partial charge in [-0.15, -0.1) is 0 Å². The second-order valence-electron chi connectivity index (χ2n) is 9.14. The number of aromatic nitrogens is 2. The number of rotatable bonds is 6. The van der Waals surface area contributed by atoms with Gasteiger partial charge in [0.2, 0.25) is 5.91 Å². The molecule has 2 heterocycles.